The van der Waals surface area contributed by atoms with Crippen LogP contribution in [0.25, 0.3) is 0 Å². The van der Waals surface area contributed by atoms with Gasteiger partial charge in [-0.25, -0.2) is 0 Å². The lowest BCUT2D eigenvalue weighted by Crippen LogP contribution is -2.41. The van der Waals surface area contributed by atoms with Crippen LogP contribution in [-0.4, -0.2) is 31.2 Å². The third-order valence-electron chi connectivity index (χ3n) is 2.83. The molecular weight excluding hydrogens is 192 g/mol. The van der Waals surface area contributed by atoms with Gasteiger partial charge < -0.3 is 15.8 Å². The minimum Gasteiger partial charge on any atom is -0.376 e. The summed E-state index contributed by atoms with van der Waals surface area (Å²) < 4.78 is 5.61. The van der Waals surface area contributed by atoms with E-state index < -0.39 is 0 Å². The van der Waals surface area contributed by atoms with E-state index in [9.17, 15) is 4.79 Å². The molecule has 1 atom stereocenters. The van der Waals surface area contributed by atoms with Gasteiger partial charge in [-0.2, -0.15) is 0 Å². The highest BCUT2D eigenvalue weighted by atomic mass is 16.5. The Morgan fingerprint density at radius 1 is 1.53 bits per heavy atom. The van der Waals surface area contributed by atoms with Crippen LogP contribution >= 0.6 is 0 Å². The Kier molecular flexibility index (Phi) is 5.65. The van der Waals surface area contributed by atoms with Gasteiger partial charge in [-0.3, -0.25) is 4.79 Å². The van der Waals surface area contributed by atoms with Gasteiger partial charge in [0.05, 0.1) is 18.8 Å². The third-order valence-corrected chi connectivity index (χ3v) is 2.83. The molecule has 15 heavy (non-hydrogen) atoms. The van der Waals surface area contributed by atoms with Crippen LogP contribution in [0.1, 0.15) is 39.0 Å². The summed E-state index contributed by atoms with van der Waals surface area (Å²) in [5.41, 5.74) is 5.57. The summed E-state index contributed by atoms with van der Waals surface area (Å²) in [5, 5.41) is 2.77. The fraction of sp³-hybridized carbons (Fsp3) is 0.909. The molecule has 1 aliphatic carbocycles. The van der Waals surface area contributed by atoms with E-state index in [-0.39, 0.29) is 11.9 Å². The second-order valence-corrected chi connectivity index (χ2v) is 4.08. The molecule has 1 amide bonds. The van der Waals surface area contributed by atoms with Crippen molar-refractivity contribution in [2.45, 2.75) is 51.2 Å². The highest BCUT2D eigenvalue weighted by Crippen LogP contribution is 2.20. The average Bonchev–Trinajstić information content (AvgIpc) is 2.75. The average molecular weight is 214 g/mol. The van der Waals surface area contributed by atoms with Crippen molar-refractivity contribution in [2.24, 2.45) is 5.73 Å². The van der Waals surface area contributed by atoms with Gasteiger partial charge >= 0.3 is 0 Å². The van der Waals surface area contributed by atoms with Gasteiger partial charge in [0.25, 0.3) is 0 Å². The van der Waals surface area contributed by atoms with Crippen molar-refractivity contribution < 1.29 is 9.53 Å². The molecule has 0 heterocycles. The molecule has 0 radical (unpaired) electrons. The highest BCUT2D eigenvalue weighted by molar-refractivity contribution is 5.81. The minimum atomic E-state index is -0.378. The fourth-order valence-corrected chi connectivity index (χ4v) is 1.77. The van der Waals surface area contributed by atoms with E-state index in [2.05, 4.69) is 5.32 Å². The number of carbonyl (C=O) groups excluding carboxylic acids is 1. The molecule has 0 aromatic rings. The molecular formula is C11H22N2O2. The van der Waals surface area contributed by atoms with E-state index in [1.165, 1.54) is 25.7 Å². The molecule has 0 aliphatic heterocycles. The molecule has 88 valence electrons. The van der Waals surface area contributed by atoms with Gasteiger partial charge in [-0.05, 0) is 19.3 Å². The zero-order chi connectivity index (χ0) is 11.1. The molecule has 0 aromatic carbocycles. The first-order valence-corrected chi connectivity index (χ1v) is 5.89. The van der Waals surface area contributed by atoms with Gasteiger partial charge in [-0.15, -0.1) is 0 Å². The zero-order valence-electron chi connectivity index (χ0n) is 9.50. The van der Waals surface area contributed by atoms with Crippen molar-refractivity contribution in [1.29, 1.82) is 0 Å². The topological polar surface area (TPSA) is 64.4 Å². The van der Waals surface area contributed by atoms with Crippen molar-refractivity contribution in [3.8, 4) is 0 Å². The van der Waals surface area contributed by atoms with Crippen molar-refractivity contribution >= 4 is 5.91 Å². The molecule has 0 saturated heterocycles. The number of nitrogens with two attached hydrogens (primary N) is 1. The maximum absolute atomic E-state index is 11.3. The van der Waals surface area contributed by atoms with Crippen molar-refractivity contribution in [3.05, 3.63) is 0 Å². The largest absolute Gasteiger partial charge is 0.376 e. The van der Waals surface area contributed by atoms with E-state index >= 15 is 0 Å². The molecule has 4 nitrogen and oxygen atoms in total. The number of rotatable bonds is 6. The maximum Gasteiger partial charge on any atom is 0.236 e. The zero-order valence-corrected chi connectivity index (χ0v) is 9.50. The first-order chi connectivity index (χ1) is 7.24. The van der Waals surface area contributed by atoms with Gasteiger partial charge in [0.1, 0.15) is 0 Å². The van der Waals surface area contributed by atoms with Crippen LogP contribution in [0.4, 0.5) is 0 Å². The number of ether oxygens (including phenoxy) is 1. The van der Waals surface area contributed by atoms with Crippen LogP contribution in [0.5, 0.6) is 0 Å². The van der Waals surface area contributed by atoms with Crippen molar-refractivity contribution in [1.82, 2.24) is 5.32 Å². The van der Waals surface area contributed by atoms with Crippen LogP contribution < -0.4 is 11.1 Å². The minimum absolute atomic E-state index is 0.0764. The number of hydrogen-bond donors (Lipinski definition) is 2. The van der Waals surface area contributed by atoms with E-state index in [0.29, 0.717) is 25.7 Å². The summed E-state index contributed by atoms with van der Waals surface area (Å²) in [6.07, 6.45) is 5.98. The Bertz CT molecular complexity index is 191. The summed E-state index contributed by atoms with van der Waals surface area (Å²) >= 11 is 0. The summed E-state index contributed by atoms with van der Waals surface area (Å²) in [4.78, 5) is 11.3. The lowest BCUT2D eigenvalue weighted by atomic mass is 10.2. The third kappa shape index (κ3) is 4.62. The Morgan fingerprint density at radius 3 is 2.80 bits per heavy atom. The Balaban J connectivity index is 1.98. The van der Waals surface area contributed by atoms with Crippen LogP contribution in [0, 0.1) is 0 Å². The Morgan fingerprint density at radius 2 is 2.20 bits per heavy atom. The van der Waals surface area contributed by atoms with Crippen LogP contribution in [0.3, 0.4) is 0 Å². The molecule has 1 saturated carbocycles. The SMILES string of the molecule is CC[C@@H](N)C(=O)NCCOC1CCCC1. The summed E-state index contributed by atoms with van der Waals surface area (Å²) in [6.45, 7) is 3.08. The van der Waals surface area contributed by atoms with E-state index in [1.54, 1.807) is 0 Å². The second-order valence-electron chi connectivity index (χ2n) is 4.08. The van der Waals surface area contributed by atoms with Crippen molar-refractivity contribution in [3.63, 3.8) is 0 Å². The van der Waals surface area contributed by atoms with Gasteiger partial charge in [0, 0.05) is 6.54 Å². The number of hydrogen-bond acceptors (Lipinski definition) is 3. The number of carbonyl (C=O) groups is 1. The van der Waals surface area contributed by atoms with Gasteiger partial charge in [-0.1, -0.05) is 19.8 Å². The summed E-state index contributed by atoms with van der Waals surface area (Å²) in [6, 6.07) is -0.378. The smallest absolute Gasteiger partial charge is 0.236 e. The summed E-state index contributed by atoms with van der Waals surface area (Å²) in [7, 11) is 0. The monoisotopic (exact) mass is 214 g/mol. The predicted molar refractivity (Wildman–Crippen MR) is 59.5 cm³/mol. The van der Waals surface area contributed by atoms with Gasteiger partial charge in [0.2, 0.25) is 5.91 Å². The molecule has 0 unspecified atom stereocenters. The predicted octanol–water partition coefficient (Wildman–Crippen LogP) is 0.799. The standard InChI is InChI=1S/C11H22N2O2/c1-2-10(12)11(14)13-7-8-15-9-5-3-4-6-9/h9-10H,2-8,12H2,1H3,(H,13,14)/t10-/m1/s1. The molecule has 4 heteroatoms. The first-order valence-electron chi connectivity index (χ1n) is 5.89. The normalized spacial score (nSPS) is 19.1. The van der Waals surface area contributed by atoms with Crippen LogP contribution in [0.15, 0.2) is 0 Å². The Hall–Kier alpha value is -0.610. The molecule has 1 fully saturated rings. The molecule has 0 spiro atoms. The lowest BCUT2D eigenvalue weighted by molar-refractivity contribution is -0.122. The molecule has 1 rings (SSSR count). The lowest BCUT2D eigenvalue weighted by Gasteiger charge is -2.13. The summed E-state index contributed by atoms with van der Waals surface area (Å²) in [5.74, 6) is -0.0764. The fourth-order valence-electron chi connectivity index (χ4n) is 1.77. The van der Waals surface area contributed by atoms with Crippen molar-refractivity contribution in [2.75, 3.05) is 13.2 Å². The quantitative estimate of drug-likeness (QED) is 0.643. The molecule has 1 aliphatic rings. The van der Waals surface area contributed by atoms with E-state index in [4.69, 9.17) is 10.5 Å². The van der Waals surface area contributed by atoms with E-state index in [0.717, 1.165) is 0 Å². The van der Waals surface area contributed by atoms with Crippen LogP contribution in [0.2, 0.25) is 0 Å². The van der Waals surface area contributed by atoms with E-state index in [1.807, 2.05) is 6.92 Å². The molecule has 0 aromatic heterocycles. The Labute approximate surface area is 91.5 Å². The molecule has 3 N–H and O–H groups in total. The first kappa shape index (κ1) is 12.5. The van der Waals surface area contributed by atoms with Crippen LogP contribution in [-0.2, 0) is 9.53 Å². The molecule has 0 bridgehead atoms. The maximum atomic E-state index is 11.3. The number of amides is 1. The van der Waals surface area contributed by atoms with Gasteiger partial charge in [0.15, 0.2) is 0 Å². The number of nitrogens with one attached hydrogen (secondary N) is 1. The highest BCUT2D eigenvalue weighted by Gasteiger charge is 2.15. The second kappa shape index (κ2) is 6.80.